The summed E-state index contributed by atoms with van der Waals surface area (Å²) in [5, 5.41) is 0. The molecule has 0 saturated heterocycles. The summed E-state index contributed by atoms with van der Waals surface area (Å²) >= 11 is 0. The first kappa shape index (κ1) is 14.9. The third-order valence-electron chi connectivity index (χ3n) is 1.67. The molecule has 20 heavy (non-hydrogen) atoms. The van der Waals surface area contributed by atoms with Crippen molar-refractivity contribution in [2.75, 3.05) is 0 Å². The van der Waals surface area contributed by atoms with E-state index in [1.165, 1.54) is 27.7 Å². The van der Waals surface area contributed by atoms with Crippen LogP contribution in [0.15, 0.2) is 0 Å². The smallest absolute Gasteiger partial charge is 0.349 e. The predicted molar refractivity (Wildman–Crippen MR) is 66.5 cm³/mol. The monoisotopic (exact) mass is 296 g/mol. The van der Waals surface area contributed by atoms with Crippen LogP contribution in [0.5, 0.6) is 0 Å². The number of carbonyl (C=O) groups is 3. The molecule has 0 radical (unpaired) electrons. The second-order valence-electron chi connectivity index (χ2n) is 5.49. The highest BCUT2D eigenvalue weighted by Crippen LogP contribution is 2.15. The average Bonchev–Trinajstić information content (AvgIpc) is 2.43. The Kier molecular flexibility index (Phi) is 4.67. The molecule has 2 unspecified atom stereocenters. The summed E-state index contributed by atoms with van der Waals surface area (Å²) in [6.07, 6.45) is -5.99. The van der Waals surface area contributed by atoms with Crippen LogP contribution < -0.4 is 0 Å². The number of hydrogen-bond acceptors (Lipinski definition) is 5. The minimum Gasteiger partial charge on any atom is -0.457 e. The number of Topliss-reactive ketones (excluding diaryl/α,β-unsaturated/α-hetero) is 1. The van der Waals surface area contributed by atoms with E-state index in [0.29, 0.717) is 0 Å². The minimum atomic E-state index is -2.99. The lowest BCUT2D eigenvalue weighted by Crippen LogP contribution is -2.42. The Morgan fingerprint density at radius 3 is 1.45 bits per heavy atom. The molecule has 0 aromatic carbocycles. The molecule has 0 aliphatic carbocycles. The van der Waals surface area contributed by atoms with E-state index in [9.17, 15) is 23.2 Å². The number of carbonyl (C=O) groups excluding carboxylic acids is 3. The van der Waals surface area contributed by atoms with Crippen molar-refractivity contribution in [1.82, 2.24) is 0 Å². The summed E-state index contributed by atoms with van der Waals surface area (Å²) in [5.74, 6) is -5.27. The molecule has 0 spiro atoms. The van der Waals surface area contributed by atoms with Gasteiger partial charge in [0, 0.05) is 2.74 Å². The number of hydrogen-bond donors (Lipinski definition) is 0. The van der Waals surface area contributed by atoms with Crippen molar-refractivity contribution < 1.29 is 35.4 Å². The molecule has 0 aliphatic rings. The molecular weight excluding hydrogens is 274 g/mol. The maximum absolute atomic E-state index is 13.6. The van der Waals surface area contributed by atoms with E-state index in [1.54, 1.807) is 0 Å². The first-order valence-corrected chi connectivity index (χ1v) is 5.73. The molecule has 0 rings (SSSR count). The Morgan fingerprint density at radius 1 is 0.900 bits per heavy atom. The van der Waals surface area contributed by atoms with Crippen molar-refractivity contribution in [2.45, 2.75) is 65.0 Å². The number of alkyl halides is 2. The Labute approximate surface area is 119 Å². The van der Waals surface area contributed by atoms with Gasteiger partial charge in [-0.3, -0.25) is 4.79 Å². The van der Waals surface area contributed by atoms with Gasteiger partial charge in [0.2, 0.25) is 5.78 Å². The molecule has 7 heteroatoms. The van der Waals surface area contributed by atoms with Crippen LogP contribution in [0.4, 0.5) is 8.78 Å². The molecule has 0 aromatic heterocycles. The highest BCUT2D eigenvalue weighted by atomic mass is 19.1. The van der Waals surface area contributed by atoms with Gasteiger partial charge in [0.05, 0.1) is 0 Å². The van der Waals surface area contributed by atoms with Crippen LogP contribution in [0.2, 0.25) is 0 Å². The van der Waals surface area contributed by atoms with E-state index in [0.717, 1.165) is 0 Å². The van der Waals surface area contributed by atoms with Gasteiger partial charge in [-0.05, 0) is 41.5 Å². The first-order chi connectivity index (χ1) is 9.87. The fourth-order valence-corrected chi connectivity index (χ4v) is 1.01. The summed E-state index contributed by atoms with van der Waals surface area (Å²) in [7, 11) is 0. The van der Waals surface area contributed by atoms with E-state index in [2.05, 4.69) is 9.47 Å². The fourth-order valence-electron chi connectivity index (χ4n) is 1.01. The maximum Gasteiger partial charge on any atom is 0.349 e. The SMILES string of the molecule is [2H]CC(C)(C)OC(=O)C(F)C(=O)C(F)C(=O)OC(C)(C)C[2H]. The van der Waals surface area contributed by atoms with Crippen LogP contribution >= 0.6 is 0 Å². The average molecular weight is 296 g/mol. The lowest BCUT2D eigenvalue weighted by Gasteiger charge is -2.22. The number of ether oxygens (including phenoxy) is 2. The molecule has 0 aliphatic heterocycles. The van der Waals surface area contributed by atoms with Crippen molar-refractivity contribution in [3.8, 4) is 0 Å². The third-order valence-corrected chi connectivity index (χ3v) is 1.67. The molecule has 2 atom stereocenters. The van der Waals surface area contributed by atoms with Gasteiger partial charge in [-0.2, -0.15) is 0 Å². The normalized spacial score (nSPS) is 16.5. The molecule has 0 aromatic rings. The number of halogens is 2. The molecular formula is C13H20F2O5. The van der Waals surface area contributed by atoms with Gasteiger partial charge < -0.3 is 9.47 Å². The number of rotatable bonds is 4. The summed E-state index contributed by atoms with van der Waals surface area (Å²) in [5.41, 5.74) is -2.69. The highest BCUT2D eigenvalue weighted by Gasteiger charge is 2.41. The van der Waals surface area contributed by atoms with Crippen LogP contribution in [0.1, 0.15) is 44.2 Å². The maximum atomic E-state index is 13.6. The Morgan fingerprint density at radius 2 is 1.20 bits per heavy atom. The van der Waals surface area contributed by atoms with Gasteiger partial charge in [-0.1, -0.05) is 0 Å². The zero-order chi connectivity index (χ0) is 17.7. The van der Waals surface area contributed by atoms with E-state index in [-0.39, 0.29) is 0 Å². The Hall–Kier alpha value is -1.53. The van der Waals surface area contributed by atoms with Gasteiger partial charge in [-0.25, -0.2) is 18.4 Å². The van der Waals surface area contributed by atoms with E-state index >= 15 is 0 Å². The largest absolute Gasteiger partial charge is 0.457 e. The van der Waals surface area contributed by atoms with Crippen molar-refractivity contribution >= 4 is 17.7 Å². The minimum absolute atomic E-state index is 0.390. The van der Waals surface area contributed by atoms with Gasteiger partial charge >= 0.3 is 11.9 Å². The first-order valence-electron chi connectivity index (χ1n) is 7.14. The molecule has 0 amide bonds. The van der Waals surface area contributed by atoms with Crippen LogP contribution in [0, 0.1) is 0 Å². The molecule has 5 nitrogen and oxygen atoms in total. The lowest BCUT2D eigenvalue weighted by atomic mass is 10.1. The van der Waals surface area contributed by atoms with Gasteiger partial charge in [0.1, 0.15) is 11.2 Å². The second-order valence-corrected chi connectivity index (χ2v) is 5.49. The molecule has 0 fully saturated rings. The van der Waals surface area contributed by atoms with E-state index in [4.69, 9.17) is 2.74 Å². The van der Waals surface area contributed by atoms with Crippen molar-refractivity contribution in [2.24, 2.45) is 0 Å². The molecule has 0 N–H and O–H groups in total. The lowest BCUT2D eigenvalue weighted by molar-refractivity contribution is -0.168. The van der Waals surface area contributed by atoms with Crippen LogP contribution in [0.25, 0.3) is 0 Å². The van der Waals surface area contributed by atoms with Gasteiger partial charge in [-0.15, -0.1) is 0 Å². The molecule has 0 bridgehead atoms. The van der Waals surface area contributed by atoms with E-state index in [1.807, 2.05) is 0 Å². The predicted octanol–water partition coefficient (Wildman–Crippen LogP) is 1.92. The van der Waals surface area contributed by atoms with Crippen LogP contribution in [-0.2, 0) is 23.9 Å². The molecule has 116 valence electrons. The topological polar surface area (TPSA) is 69.7 Å². The Bertz CT molecular complexity index is 402. The van der Waals surface area contributed by atoms with Crippen molar-refractivity contribution in [3.63, 3.8) is 0 Å². The van der Waals surface area contributed by atoms with Crippen molar-refractivity contribution in [3.05, 3.63) is 0 Å². The fraction of sp³-hybridized carbons (Fsp3) is 0.769. The summed E-state index contributed by atoms with van der Waals surface area (Å²) in [4.78, 5) is 34.2. The second kappa shape index (κ2) is 6.28. The van der Waals surface area contributed by atoms with E-state index < -0.39 is 55.1 Å². The number of ketones is 1. The summed E-state index contributed by atoms with van der Waals surface area (Å²) < 4.78 is 50.5. The molecule has 0 heterocycles. The van der Waals surface area contributed by atoms with Crippen molar-refractivity contribution in [1.29, 1.82) is 0 Å². The van der Waals surface area contributed by atoms with Crippen LogP contribution in [-0.4, -0.2) is 41.3 Å². The molecule has 0 saturated carbocycles. The third kappa shape index (κ3) is 6.58. The van der Waals surface area contributed by atoms with Crippen LogP contribution in [0.3, 0.4) is 0 Å². The summed E-state index contributed by atoms with van der Waals surface area (Å²) in [6.45, 7) is 4.47. The standard InChI is InChI=1S/C13H20F2O5/c1-12(2,3)19-10(17)7(14)9(16)8(15)11(18)20-13(4,5)6/h7-8H,1-6H3/i1D,4D. The highest BCUT2D eigenvalue weighted by molar-refractivity contribution is 6.12. The summed E-state index contributed by atoms with van der Waals surface area (Å²) in [6, 6.07) is 0. The zero-order valence-electron chi connectivity index (χ0n) is 13.9. The Balaban J connectivity index is 4.81. The quantitative estimate of drug-likeness (QED) is 0.585. The zero-order valence-corrected chi connectivity index (χ0v) is 11.9. The van der Waals surface area contributed by atoms with Gasteiger partial charge in [0.15, 0.2) is 0 Å². The van der Waals surface area contributed by atoms with Gasteiger partial charge in [0.25, 0.3) is 12.3 Å². The number of esters is 2.